The molecule has 1 N–H and O–H groups in total. The van der Waals surface area contributed by atoms with E-state index in [1.54, 1.807) is 0 Å². The van der Waals surface area contributed by atoms with Crippen molar-refractivity contribution in [2.75, 3.05) is 5.32 Å². The van der Waals surface area contributed by atoms with Gasteiger partial charge in [-0.05, 0) is 61.5 Å². The predicted molar refractivity (Wildman–Crippen MR) is 77.8 cm³/mol. The van der Waals surface area contributed by atoms with Gasteiger partial charge in [-0.15, -0.1) is 0 Å². The Morgan fingerprint density at radius 1 is 1.00 bits per heavy atom. The van der Waals surface area contributed by atoms with Gasteiger partial charge in [-0.25, -0.2) is 0 Å². The number of nitrogens with one attached hydrogen (secondary N) is 1. The van der Waals surface area contributed by atoms with Gasteiger partial charge in [0.15, 0.2) is 0 Å². The van der Waals surface area contributed by atoms with Crippen LogP contribution in [0, 0.1) is 17.8 Å². The standard InChI is InChI=1S/C17H25N/c1-12-9-13(2)11-15(10-12)17-8-7-14-5-3-4-6-16(14)18-17/h3-6,12-13,15,17-18H,7-11H2,1-2H3. The quantitative estimate of drug-likeness (QED) is 0.766. The van der Waals surface area contributed by atoms with Gasteiger partial charge in [0.1, 0.15) is 0 Å². The van der Waals surface area contributed by atoms with Crippen molar-refractivity contribution in [3.8, 4) is 0 Å². The molecule has 18 heavy (non-hydrogen) atoms. The van der Waals surface area contributed by atoms with Gasteiger partial charge in [-0.1, -0.05) is 32.0 Å². The lowest BCUT2D eigenvalue weighted by Gasteiger charge is -2.39. The molecule has 1 aliphatic carbocycles. The number of hydrogen-bond donors (Lipinski definition) is 1. The van der Waals surface area contributed by atoms with E-state index in [2.05, 4.69) is 43.4 Å². The van der Waals surface area contributed by atoms with Crippen molar-refractivity contribution in [3.63, 3.8) is 0 Å². The highest BCUT2D eigenvalue weighted by Gasteiger charge is 2.31. The normalized spacial score (nSPS) is 35.7. The summed E-state index contributed by atoms with van der Waals surface area (Å²) in [4.78, 5) is 0. The van der Waals surface area contributed by atoms with E-state index in [1.165, 1.54) is 43.4 Å². The first-order valence-corrected chi connectivity index (χ1v) is 7.57. The molecule has 3 atom stereocenters. The Bertz CT molecular complexity index is 402. The molecule has 0 radical (unpaired) electrons. The molecular weight excluding hydrogens is 218 g/mol. The Balaban J connectivity index is 1.72. The summed E-state index contributed by atoms with van der Waals surface area (Å²) in [7, 11) is 0. The third-order valence-electron chi connectivity index (χ3n) is 4.87. The lowest BCUT2D eigenvalue weighted by molar-refractivity contribution is 0.194. The Kier molecular flexibility index (Phi) is 3.32. The molecule has 1 heteroatoms. The molecule has 1 saturated carbocycles. The second-order valence-electron chi connectivity index (χ2n) is 6.62. The van der Waals surface area contributed by atoms with E-state index in [9.17, 15) is 0 Å². The average molecular weight is 243 g/mol. The van der Waals surface area contributed by atoms with E-state index in [4.69, 9.17) is 0 Å². The van der Waals surface area contributed by atoms with Crippen molar-refractivity contribution < 1.29 is 0 Å². The molecule has 1 aromatic rings. The summed E-state index contributed by atoms with van der Waals surface area (Å²) in [6.45, 7) is 4.86. The number of rotatable bonds is 1. The van der Waals surface area contributed by atoms with Gasteiger partial charge in [-0.2, -0.15) is 0 Å². The van der Waals surface area contributed by atoms with Crippen molar-refractivity contribution in [1.82, 2.24) is 0 Å². The Morgan fingerprint density at radius 2 is 1.72 bits per heavy atom. The van der Waals surface area contributed by atoms with Crippen LogP contribution in [0.4, 0.5) is 5.69 Å². The molecule has 0 spiro atoms. The molecule has 3 rings (SSSR count). The van der Waals surface area contributed by atoms with Crippen LogP contribution < -0.4 is 5.32 Å². The maximum Gasteiger partial charge on any atom is 0.0374 e. The maximum absolute atomic E-state index is 3.81. The van der Waals surface area contributed by atoms with Crippen LogP contribution in [0.25, 0.3) is 0 Å². The first-order valence-electron chi connectivity index (χ1n) is 7.57. The second-order valence-corrected chi connectivity index (χ2v) is 6.62. The summed E-state index contributed by atoms with van der Waals surface area (Å²) in [5, 5.41) is 3.81. The summed E-state index contributed by atoms with van der Waals surface area (Å²) in [6.07, 6.45) is 6.85. The highest BCUT2D eigenvalue weighted by molar-refractivity contribution is 5.53. The van der Waals surface area contributed by atoms with E-state index in [0.717, 1.165) is 17.8 Å². The minimum Gasteiger partial charge on any atom is -0.382 e. The van der Waals surface area contributed by atoms with Crippen molar-refractivity contribution >= 4 is 5.69 Å². The number of para-hydroxylation sites is 1. The molecule has 3 unspecified atom stereocenters. The zero-order valence-electron chi connectivity index (χ0n) is 11.7. The number of anilines is 1. The monoisotopic (exact) mass is 243 g/mol. The van der Waals surface area contributed by atoms with Crippen LogP contribution in [0.1, 0.15) is 45.1 Å². The van der Waals surface area contributed by atoms with Gasteiger partial charge < -0.3 is 5.32 Å². The summed E-state index contributed by atoms with van der Waals surface area (Å²) in [5.41, 5.74) is 2.89. The van der Waals surface area contributed by atoms with E-state index in [-0.39, 0.29) is 0 Å². The van der Waals surface area contributed by atoms with Crippen molar-refractivity contribution in [2.45, 2.75) is 52.0 Å². The fourth-order valence-corrected chi connectivity index (χ4v) is 4.15. The first kappa shape index (κ1) is 12.1. The van der Waals surface area contributed by atoms with Crippen molar-refractivity contribution in [1.29, 1.82) is 0 Å². The molecule has 1 aromatic carbocycles. The maximum atomic E-state index is 3.81. The molecule has 0 saturated heterocycles. The predicted octanol–water partition coefficient (Wildman–Crippen LogP) is 4.49. The minimum absolute atomic E-state index is 0.713. The van der Waals surface area contributed by atoms with Crippen molar-refractivity contribution in [2.24, 2.45) is 17.8 Å². The molecule has 0 bridgehead atoms. The zero-order chi connectivity index (χ0) is 12.5. The fraction of sp³-hybridized carbons (Fsp3) is 0.647. The molecular formula is C17H25N. The van der Waals surface area contributed by atoms with E-state index >= 15 is 0 Å². The van der Waals surface area contributed by atoms with Crippen LogP contribution >= 0.6 is 0 Å². The fourth-order valence-electron chi connectivity index (χ4n) is 4.15. The minimum atomic E-state index is 0.713. The smallest absolute Gasteiger partial charge is 0.0374 e. The SMILES string of the molecule is CC1CC(C)CC(C2CCc3ccccc3N2)C1. The van der Waals surface area contributed by atoms with Gasteiger partial charge >= 0.3 is 0 Å². The number of hydrogen-bond acceptors (Lipinski definition) is 1. The molecule has 1 aliphatic heterocycles. The van der Waals surface area contributed by atoms with E-state index in [0.29, 0.717) is 6.04 Å². The molecule has 98 valence electrons. The Morgan fingerprint density at radius 3 is 2.50 bits per heavy atom. The van der Waals surface area contributed by atoms with E-state index < -0.39 is 0 Å². The summed E-state index contributed by atoms with van der Waals surface area (Å²) >= 11 is 0. The van der Waals surface area contributed by atoms with Gasteiger partial charge in [0.05, 0.1) is 0 Å². The van der Waals surface area contributed by atoms with Gasteiger partial charge in [0.2, 0.25) is 0 Å². The van der Waals surface area contributed by atoms with Crippen LogP contribution in [-0.2, 0) is 6.42 Å². The van der Waals surface area contributed by atoms with E-state index in [1.807, 2.05) is 0 Å². The molecule has 1 heterocycles. The van der Waals surface area contributed by atoms with Gasteiger partial charge in [0, 0.05) is 11.7 Å². The third-order valence-corrected chi connectivity index (χ3v) is 4.87. The molecule has 1 nitrogen and oxygen atoms in total. The van der Waals surface area contributed by atoms with Gasteiger partial charge in [0.25, 0.3) is 0 Å². The van der Waals surface area contributed by atoms with Crippen LogP contribution in [-0.4, -0.2) is 6.04 Å². The molecule has 0 aromatic heterocycles. The average Bonchev–Trinajstić information content (AvgIpc) is 2.37. The highest BCUT2D eigenvalue weighted by Crippen LogP contribution is 2.38. The lowest BCUT2D eigenvalue weighted by Crippen LogP contribution is -2.37. The van der Waals surface area contributed by atoms with Crippen LogP contribution in [0.3, 0.4) is 0 Å². The third kappa shape index (κ3) is 2.41. The molecule has 1 fully saturated rings. The van der Waals surface area contributed by atoms with Crippen molar-refractivity contribution in [3.05, 3.63) is 29.8 Å². The number of benzene rings is 1. The lowest BCUT2D eigenvalue weighted by atomic mass is 9.72. The first-order chi connectivity index (χ1) is 8.72. The molecule has 0 amide bonds. The highest BCUT2D eigenvalue weighted by atomic mass is 14.9. The van der Waals surface area contributed by atoms with Crippen LogP contribution in [0.15, 0.2) is 24.3 Å². The topological polar surface area (TPSA) is 12.0 Å². The number of aryl methyl sites for hydroxylation is 1. The second kappa shape index (κ2) is 4.95. The molecule has 2 aliphatic rings. The Hall–Kier alpha value is -0.980. The Labute approximate surface area is 111 Å². The summed E-state index contributed by atoms with van der Waals surface area (Å²) in [6, 6.07) is 9.54. The van der Waals surface area contributed by atoms with Crippen LogP contribution in [0.2, 0.25) is 0 Å². The summed E-state index contributed by atoms with van der Waals surface area (Å²) < 4.78 is 0. The largest absolute Gasteiger partial charge is 0.382 e. The summed E-state index contributed by atoms with van der Waals surface area (Å²) in [5.74, 6) is 2.72. The number of fused-ring (bicyclic) bond motifs is 1. The van der Waals surface area contributed by atoms with Crippen LogP contribution in [0.5, 0.6) is 0 Å². The van der Waals surface area contributed by atoms with Gasteiger partial charge in [-0.3, -0.25) is 0 Å². The zero-order valence-corrected chi connectivity index (χ0v) is 11.7.